The summed E-state index contributed by atoms with van der Waals surface area (Å²) in [6, 6.07) is 23.2. The van der Waals surface area contributed by atoms with Gasteiger partial charge in [-0.3, -0.25) is 14.5 Å². The minimum atomic E-state index is -0.392. The van der Waals surface area contributed by atoms with E-state index in [9.17, 15) is 14.0 Å². The molecule has 4 rings (SSSR count). The molecule has 1 aliphatic rings. The van der Waals surface area contributed by atoms with E-state index in [4.69, 9.17) is 0 Å². The van der Waals surface area contributed by atoms with Crippen molar-refractivity contribution in [1.82, 2.24) is 9.80 Å². The molecule has 1 aliphatic heterocycles. The highest BCUT2D eigenvalue weighted by Gasteiger charge is 2.40. The number of imide groups is 1. The van der Waals surface area contributed by atoms with Crippen molar-refractivity contribution >= 4 is 17.4 Å². The fourth-order valence-corrected chi connectivity index (χ4v) is 3.75. The lowest BCUT2D eigenvalue weighted by atomic mass is 10.0. The molecule has 5 heteroatoms. The van der Waals surface area contributed by atoms with Gasteiger partial charge in [-0.05, 0) is 35.7 Å². The van der Waals surface area contributed by atoms with Gasteiger partial charge in [-0.1, -0.05) is 72.3 Å². The van der Waals surface area contributed by atoms with Gasteiger partial charge in [0, 0.05) is 13.6 Å². The molecule has 31 heavy (non-hydrogen) atoms. The van der Waals surface area contributed by atoms with Gasteiger partial charge in [0.1, 0.15) is 11.5 Å². The molecule has 4 nitrogen and oxygen atoms in total. The van der Waals surface area contributed by atoms with Crippen LogP contribution in [0.5, 0.6) is 0 Å². The average molecular weight is 414 g/mol. The highest BCUT2D eigenvalue weighted by Crippen LogP contribution is 2.33. The van der Waals surface area contributed by atoms with Crippen LogP contribution in [0, 0.1) is 12.7 Å². The molecule has 0 spiro atoms. The molecule has 0 radical (unpaired) electrons. The lowest BCUT2D eigenvalue weighted by Crippen LogP contribution is -2.33. The Bertz CT molecular complexity index is 1140. The summed E-state index contributed by atoms with van der Waals surface area (Å²) >= 11 is 0. The molecule has 0 aliphatic carbocycles. The van der Waals surface area contributed by atoms with Crippen LogP contribution in [0.15, 0.2) is 84.6 Å². The van der Waals surface area contributed by atoms with Crippen molar-refractivity contribution in [2.75, 3.05) is 7.05 Å². The van der Waals surface area contributed by atoms with Crippen molar-refractivity contribution in [3.8, 4) is 0 Å². The van der Waals surface area contributed by atoms with Gasteiger partial charge in [0.2, 0.25) is 0 Å². The lowest BCUT2D eigenvalue weighted by Gasteiger charge is -2.21. The molecular formula is C26H23FN2O2. The Labute approximate surface area is 181 Å². The molecule has 0 fully saturated rings. The molecule has 156 valence electrons. The van der Waals surface area contributed by atoms with E-state index >= 15 is 0 Å². The maximum Gasteiger partial charge on any atom is 0.278 e. The van der Waals surface area contributed by atoms with E-state index in [0.29, 0.717) is 23.4 Å². The number of nitrogens with zero attached hydrogens (tertiary/aromatic N) is 2. The largest absolute Gasteiger partial charge is 0.365 e. The maximum absolute atomic E-state index is 13.5. The summed E-state index contributed by atoms with van der Waals surface area (Å²) in [6.45, 7) is 2.64. The third-order valence-corrected chi connectivity index (χ3v) is 5.38. The number of rotatable bonds is 6. The molecule has 0 N–H and O–H groups in total. The second kappa shape index (κ2) is 8.56. The standard InChI is InChI=1S/C26H23FN2O2/c1-18-8-10-20(11-9-18)17-29-25(30)23(21-12-14-22(27)15-13-21)24(26(29)31)28(2)16-19-6-4-3-5-7-19/h3-15H,16-17H2,1-2H3. The number of benzene rings is 3. The Morgan fingerprint density at radius 2 is 1.45 bits per heavy atom. The number of halogens is 1. The number of aryl methyl sites for hydroxylation is 1. The number of hydrogen-bond donors (Lipinski definition) is 0. The number of amides is 2. The fraction of sp³-hybridized carbons (Fsp3) is 0.154. The summed E-state index contributed by atoms with van der Waals surface area (Å²) in [5.74, 6) is -1.10. The summed E-state index contributed by atoms with van der Waals surface area (Å²) in [6.07, 6.45) is 0. The maximum atomic E-state index is 13.5. The monoisotopic (exact) mass is 414 g/mol. The number of carbonyl (C=O) groups excluding carboxylic acids is 2. The molecule has 2 amide bonds. The molecule has 0 atom stereocenters. The molecular weight excluding hydrogens is 391 g/mol. The zero-order valence-electron chi connectivity index (χ0n) is 17.5. The van der Waals surface area contributed by atoms with Gasteiger partial charge in [0.25, 0.3) is 11.8 Å². The Balaban J connectivity index is 1.71. The summed E-state index contributed by atoms with van der Waals surface area (Å²) in [7, 11) is 1.80. The van der Waals surface area contributed by atoms with Gasteiger partial charge >= 0.3 is 0 Å². The zero-order valence-corrected chi connectivity index (χ0v) is 17.5. The van der Waals surface area contributed by atoms with Crippen molar-refractivity contribution in [2.24, 2.45) is 0 Å². The SMILES string of the molecule is Cc1ccc(CN2C(=O)C(c3ccc(F)cc3)=C(N(C)Cc3ccccc3)C2=O)cc1. The van der Waals surface area contributed by atoms with Crippen LogP contribution in [0.4, 0.5) is 4.39 Å². The van der Waals surface area contributed by atoms with E-state index in [-0.39, 0.29) is 18.4 Å². The predicted octanol–water partition coefficient (Wildman–Crippen LogP) is 4.55. The van der Waals surface area contributed by atoms with E-state index < -0.39 is 5.82 Å². The number of likely N-dealkylation sites (N-methyl/N-ethyl adjacent to an activating group) is 1. The normalized spacial score (nSPS) is 13.8. The number of hydrogen-bond acceptors (Lipinski definition) is 3. The van der Waals surface area contributed by atoms with Crippen LogP contribution in [0.2, 0.25) is 0 Å². The highest BCUT2D eigenvalue weighted by molar-refractivity contribution is 6.35. The van der Waals surface area contributed by atoms with Crippen LogP contribution in [-0.4, -0.2) is 28.7 Å². The van der Waals surface area contributed by atoms with Gasteiger partial charge in [-0.2, -0.15) is 0 Å². The molecule has 0 saturated carbocycles. The number of carbonyl (C=O) groups is 2. The molecule has 0 unspecified atom stereocenters. The minimum absolute atomic E-state index is 0.186. The third kappa shape index (κ3) is 4.26. The van der Waals surface area contributed by atoms with Gasteiger partial charge in [-0.25, -0.2) is 4.39 Å². The Kier molecular flexibility index (Phi) is 5.67. The van der Waals surface area contributed by atoms with E-state index in [2.05, 4.69) is 0 Å². The predicted molar refractivity (Wildman–Crippen MR) is 118 cm³/mol. The zero-order chi connectivity index (χ0) is 22.0. The van der Waals surface area contributed by atoms with Gasteiger partial charge in [0.05, 0.1) is 12.1 Å². The third-order valence-electron chi connectivity index (χ3n) is 5.38. The lowest BCUT2D eigenvalue weighted by molar-refractivity contribution is -0.138. The molecule has 0 saturated heterocycles. The second-order valence-electron chi connectivity index (χ2n) is 7.75. The first kappa shape index (κ1) is 20.5. The fourth-order valence-electron chi connectivity index (χ4n) is 3.75. The van der Waals surface area contributed by atoms with Crippen molar-refractivity contribution < 1.29 is 14.0 Å². The second-order valence-corrected chi connectivity index (χ2v) is 7.75. The van der Waals surface area contributed by atoms with E-state index in [1.54, 1.807) is 24.1 Å². The summed E-state index contributed by atoms with van der Waals surface area (Å²) in [5.41, 5.74) is 4.16. The summed E-state index contributed by atoms with van der Waals surface area (Å²) in [4.78, 5) is 29.8. The van der Waals surface area contributed by atoms with Crippen LogP contribution in [-0.2, 0) is 22.7 Å². The summed E-state index contributed by atoms with van der Waals surface area (Å²) in [5, 5.41) is 0. The molecule has 0 aromatic heterocycles. The first-order valence-corrected chi connectivity index (χ1v) is 10.1. The first-order chi connectivity index (χ1) is 14.9. The van der Waals surface area contributed by atoms with Crippen molar-refractivity contribution in [2.45, 2.75) is 20.0 Å². The van der Waals surface area contributed by atoms with Crippen LogP contribution < -0.4 is 0 Å². The van der Waals surface area contributed by atoms with Crippen LogP contribution in [0.3, 0.4) is 0 Å². The Morgan fingerprint density at radius 1 is 0.806 bits per heavy atom. The van der Waals surface area contributed by atoms with Gasteiger partial charge in [-0.15, -0.1) is 0 Å². The first-order valence-electron chi connectivity index (χ1n) is 10.1. The Morgan fingerprint density at radius 3 is 2.10 bits per heavy atom. The summed E-state index contributed by atoms with van der Waals surface area (Å²) < 4.78 is 13.5. The molecule has 3 aromatic rings. The highest BCUT2D eigenvalue weighted by atomic mass is 19.1. The van der Waals surface area contributed by atoms with Crippen molar-refractivity contribution in [3.63, 3.8) is 0 Å². The van der Waals surface area contributed by atoms with Gasteiger partial charge in [0.15, 0.2) is 0 Å². The van der Waals surface area contributed by atoms with Crippen LogP contribution in [0.1, 0.15) is 22.3 Å². The van der Waals surface area contributed by atoms with E-state index in [0.717, 1.165) is 16.7 Å². The van der Waals surface area contributed by atoms with Crippen molar-refractivity contribution in [3.05, 3.63) is 113 Å². The van der Waals surface area contributed by atoms with Crippen LogP contribution in [0.25, 0.3) is 5.57 Å². The topological polar surface area (TPSA) is 40.6 Å². The smallest absolute Gasteiger partial charge is 0.278 e. The average Bonchev–Trinajstić information content (AvgIpc) is 3.01. The molecule has 1 heterocycles. The Hall–Kier alpha value is -3.73. The van der Waals surface area contributed by atoms with E-state index in [1.165, 1.54) is 17.0 Å². The quantitative estimate of drug-likeness (QED) is 0.556. The molecule has 3 aromatic carbocycles. The molecule has 0 bridgehead atoms. The van der Waals surface area contributed by atoms with Crippen LogP contribution >= 0.6 is 0 Å². The van der Waals surface area contributed by atoms with Crippen molar-refractivity contribution in [1.29, 1.82) is 0 Å². The minimum Gasteiger partial charge on any atom is -0.365 e. The van der Waals surface area contributed by atoms with E-state index in [1.807, 2.05) is 61.5 Å². The van der Waals surface area contributed by atoms with Gasteiger partial charge < -0.3 is 4.90 Å².